The molecule has 1 saturated heterocycles. The van der Waals surface area contributed by atoms with E-state index in [1.54, 1.807) is 0 Å². The molecule has 0 saturated carbocycles. The number of benzene rings is 2. The molecule has 5 nitrogen and oxygen atoms in total. The summed E-state index contributed by atoms with van der Waals surface area (Å²) in [6.07, 6.45) is 0. The summed E-state index contributed by atoms with van der Waals surface area (Å²) in [5, 5.41) is 8.91. The summed E-state index contributed by atoms with van der Waals surface area (Å²) in [5.74, 6) is 0.199. The molecule has 0 atom stereocenters. The van der Waals surface area contributed by atoms with Gasteiger partial charge >= 0.3 is 0 Å². The molecule has 5 heteroatoms. The van der Waals surface area contributed by atoms with Crippen LogP contribution in [0.4, 0.5) is 0 Å². The van der Waals surface area contributed by atoms with Crippen LogP contribution < -0.4 is 0 Å². The van der Waals surface area contributed by atoms with Crippen molar-refractivity contribution in [3.63, 3.8) is 0 Å². The minimum atomic E-state index is 0.181. The van der Waals surface area contributed by atoms with Crippen LogP contribution in [0.5, 0.6) is 0 Å². The Morgan fingerprint density at radius 2 is 1.59 bits per heavy atom. The Morgan fingerprint density at radius 1 is 0.966 bits per heavy atom. The van der Waals surface area contributed by atoms with Crippen molar-refractivity contribution in [2.24, 2.45) is 0 Å². The lowest BCUT2D eigenvalue weighted by Gasteiger charge is -2.36. The predicted molar refractivity (Wildman–Crippen MR) is 115 cm³/mol. The van der Waals surface area contributed by atoms with Gasteiger partial charge in [0.25, 0.3) is 0 Å². The Morgan fingerprint density at radius 3 is 2.17 bits per heavy atom. The zero-order chi connectivity index (χ0) is 20.6. The molecule has 1 fully saturated rings. The van der Waals surface area contributed by atoms with Gasteiger partial charge in [0.05, 0.1) is 18.2 Å². The SMILES string of the molecule is CC(C)N(Cc1ccccc1)C(=O)CN1CCN(Cc2ccc(C#N)cc2)CC1. The Hall–Kier alpha value is -2.68. The standard InChI is InChI=1S/C24H30N4O/c1-20(2)28(18-22-6-4-3-5-7-22)24(29)19-27-14-12-26(13-15-27)17-23-10-8-21(16-25)9-11-23/h3-11,20H,12-15,17-19H2,1-2H3. The van der Waals surface area contributed by atoms with E-state index in [1.807, 2.05) is 47.4 Å². The molecule has 1 aliphatic rings. The number of hydrogen-bond donors (Lipinski definition) is 0. The molecule has 0 spiro atoms. The van der Waals surface area contributed by atoms with Crippen molar-refractivity contribution < 1.29 is 4.79 Å². The van der Waals surface area contributed by atoms with E-state index in [-0.39, 0.29) is 11.9 Å². The average molecular weight is 391 g/mol. The molecule has 29 heavy (non-hydrogen) atoms. The molecule has 1 heterocycles. The van der Waals surface area contributed by atoms with E-state index >= 15 is 0 Å². The summed E-state index contributed by atoms with van der Waals surface area (Å²) >= 11 is 0. The number of nitriles is 1. The lowest BCUT2D eigenvalue weighted by atomic mass is 10.1. The lowest BCUT2D eigenvalue weighted by Crippen LogP contribution is -2.50. The third-order valence-corrected chi connectivity index (χ3v) is 5.45. The largest absolute Gasteiger partial charge is 0.335 e. The second kappa shape index (κ2) is 10.2. The van der Waals surface area contributed by atoms with Crippen LogP contribution >= 0.6 is 0 Å². The van der Waals surface area contributed by atoms with Crippen molar-refractivity contribution in [3.8, 4) is 6.07 Å². The zero-order valence-electron chi connectivity index (χ0n) is 17.4. The molecule has 152 valence electrons. The van der Waals surface area contributed by atoms with Crippen molar-refractivity contribution in [2.45, 2.75) is 33.0 Å². The van der Waals surface area contributed by atoms with Crippen LogP contribution in [-0.4, -0.2) is 59.4 Å². The summed E-state index contributed by atoms with van der Waals surface area (Å²) in [4.78, 5) is 19.6. The van der Waals surface area contributed by atoms with Crippen LogP contribution in [0.25, 0.3) is 0 Å². The van der Waals surface area contributed by atoms with Gasteiger partial charge in [0.15, 0.2) is 0 Å². The number of carbonyl (C=O) groups excluding carboxylic acids is 1. The maximum Gasteiger partial charge on any atom is 0.237 e. The van der Waals surface area contributed by atoms with Crippen LogP contribution in [0.3, 0.4) is 0 Å². The van der Waals surface area contributed by atoms with Gasteiger partial charge in [-0.1, -0.05) is 42.5 Å². The summed E-state index contributed by atoms with van der Waals surface area (Å²) in [7, 11) is 0. The van der Waals surface area contributed by atoms with Gasteiger partial charge in [-0.3, -0.25) is 14.6 Å². The fraction of sp³-hybridized carbons (Fsp3) is 0.417. The van der Waals surface area contributed by atoms with Crippen LogP contribution in [0, 0.1) is 11.3 Å². The molecular weight excluding hydrogens is 360 g/mol. The normalized spacial score (nSPS) is 15.2. The molecule has 1 aliphatic heterocycles. The highest BCUT2D eigenvalue weighted by Crippen LogP contribution is 2.12. The predicted octanol–water partition coefficient (Wildman–Crippen LogP) is 3.11. The van der Waals surface area contributed by atoms with Gasteiger partial charge in [-0.15, -0.1) is 0 Å². The molecule has 1 amide bonds. The molecule has 2 aromatic carbocycles. The average Bonchev–Trinajstić information content (AvgIpc) is 2.74. The molecule has 0 aromatic heterocycles. The summed E-state index contributed by atoms with van der Waals surface area (Å²) in [6.45, 7) is 9.90. The van der Waals surface area contributed by atoms with E-state index in [9.17, 15) is 4.79 Å². The Labute approximate surface area is 174 Å². The van der Waals surface area contributed by atoms with Gasteiger partial charge in [-0.05, 0) is 37.1 Å². The fourth-order valence-electron chi connectivity index (χ4n) is 3.67. The maximum absolute atomic E-state index is 12.9. The highest BCUT2D eigenvalue weighted by molar-refractivity contribution is 5.78. The van der Waals surface area contributed by atoms with Crippen molar-refractivity contribution >= 4 is 5.91 Å². The van der Waals surface area contributed by atoms with Crippen LogP contribution in [0.2, 0.25) is 0 Å². The van der Waals surface area contributed by atoms with Gasteiger partial charge < -0.3 is 4.90 Å². The molecule has 2 aromatic rings. The lowest BCUT2D eigenvalue weighted by molar-refractivity contribution is -0.135. The molecule has 0 N–H and O–H groups in total. The van der Waals surface area contributed by atoms with E-state index in [0.717, 1.165) is 32.7 Å². The number of carbonyl (C=O) groups is 1. The first-order valence-electron chi connectivity index (χ1n) is 10.3. The van der Waals surface area contributed by atoms with Crippen molar-refractivity contribution in [2.75, 3.05) is 32.7 Å². The number of piperazine rings is 1. The first kappa shape index (κ1) is 21.0. The van der Waals surface area contributed by atoms with Gasteiger partial charge in [-0.2, -0.15) is 5.26 Å². The number of hydrogen-bond acceptors (Lipinski definition) is 4. The molecule has 0 aliphatic carbocycles. The topological polar surface area (TPSA) is 50.6 Å². The molecule has 0 bridgehead atoms. The monoisotopic (exact) mass is 390 g/mol. The highest BCUT2D eigenvalue weighted by atomic mass is 16.2. The summed E-state index contributed by atoms with van der Waals surface area (Å²) in [5.41, 5.74) is 3.09. The van der Waals surface area contributed by atoms with E-state index in [2.05, 4.69) is 41.8 Å². The number of rotatable bonds is 7. The van der Waals surface area contributed by atoms with E-state index in [4.69, 9.17) is 5.26 Å². The minimum absolute atomic E-state index is 0.181. The maximum atomic E-state index is 12.9. The first-order valence-corrected chi connectivity index (χ1v) is 10.3. The number of nitrogens with zero attached hydrogens (tertiary/aromatic N) is 4. The highest BCUT2D eigenvalue weighted by Gasteiger charge is 2.23. The van der Waals surface area contributed by atoms with Crippen molar-refractivity contribution in [3.05, 3.63) is 71.3 Å². The van der Waals surface area contributed by atoms with Crippen LogP contribution in [0.1, 0.15) is 30.5 Å². The Bertz CT molecular complexity index is 818. The Balaban J connectivity index is 1.48. The van der Waals surface area contributed by atoms with Gasteiger partial charge in [-0.25, -0.2) is 0 Å². The molecule has 3 rings (SSSR count). The second-order valence-corrected chi connectivity index (χ2v) is 7.96. The van der Waals surface area contributed by atoms with Crippen molar-refractivity contribution in [1.82, 2.24) is 14.7 Å². The molecule has 0 radical (unpaired) electrons. The van der Waals surface area contributed by atoms with E-state index < -0.39 is 0 Å². The minimum Gasteiger partial charge on any atom is -0.335 e. The third-order valence-electron chi connectivity index (χ3n) is 5.45. The fourth-order valence-corrected chi connectivity index (χ4v) is 3.67. The Kier molecular flexibility index (Phi) is 7.40. The van der Waals surface area contributed by atoms with E-state index in [0.29, 0.717) is 18.7 Å². The first-order chi connectivity index (χ1) is 14.0. The van der Waals surface area contributed by atoms with Gasteiger partial charge in [0.1, 0.15) is 0 Å². The molecular formula is C24H30N4O. The quantitative estimate of drug-likeness (QED) is 0.729. The van der Waals surface area contributed by atoms with Gasteiger partial charge in [0, 0.05) is 45.3 Å². The zero-order valence-corrected chi connectivity index (χ0v) is 17.4. The van der Waals surface area contributed by atoms with Gasteiger partial charge in [0.2, 0.25) is 5.91 Å². The summed E-state index contributed by atoms with van der Waals surface area (Å²) < 4.78 is 0. The van der Waals surface area contributed by atoms with Crippen LogP contribution in [0.15, 0.2) is 54.6 Å². The van der Waals surface area contributed by atoms with E-state index in [1.165, 1.54) is 11.1 Å². The smallest absolute Gasteiger partial charge is 0.237 e. The molecule has 0 unspecified atom stereocenters. The number of amides is 1. The third kappa shape index (κ3) is 6.15. The summed E-state index contributed by atoms with van der Waals surface area (Å²) in [6, 6.07) is 20.3. The second-order valence-electron chi connectivity index (χ2n) is 7.96. The van der Waals surface area contributed by atoms with Crippen LogP contribution in [-0.2, 0) is 17.9 Å². The van der Waals surface area contributed by atoms with Crippen molar-refractivity contribution in [1.29, 1.82) is 5.26 Å².